The van der Waals surface area contributed by atoms with Gasteiger partial charge in [-0.05, 0) is 34.7 Å². The average molecular weight is 418 g/mol. The van der Waals surface area contributed by atoms with Crippen LogP contribution in [0.25, 0.3) is 0 Å². The number of allylic oxidation sites excluding steroid dienone is 4. The van der Waals surface area contributed by atoms with Crippen molar-refractivity contribution in [1.29, 1.82) is 0 Å². The van der Waals surface area contributed by atoms with Crippen molar-refractivity contribution in [2.75, 3.05) is 0 Å². The van der Waals surface area contributed by atoms with Crippen LogP contribution in [0.5, 0.6) is 0 Å². The molecule has 0 heterocycles. The lowest BCUT2D eigenvalue weighted by Crippen LogP contribution is -2.24. The largest absolute Gasteiger partial charge is 0.238 e. The summed E-state index contributed by atoms with van der Waals surface area (Å²) < 4.78 is 55.1. The number of hydrogen-bond donors (Lipinski definition) is 1. The summed E-state index contributed by atoms with van der Waals surface area (Å²) >= 11 is 6.13. The van der Waals surface area contributed by atoms with E-state index in [1.807, 2.05) is 22.6 Å². The van der Waals surface area contributed by atoms with E-state index in [0.717, 1.165) is 3.57 Å². The molecule has 0 aromatic heterocycles. The molecule has 0 saturated heterocycles. The SMILES string of the molecule is FC1=C(S)C(F)C(F)C(Sc2ccccc2I)=C1F. The van der Waals surface area contributed by atoms with Crippen LogP contribution in [-0.2, 0) is 0 Å². The maximum Gasteiger partial charge on any atom is 0.172 e. The molecule has 0 fully saturated rings. The lowest BCUT2D eigenvalue weighted by atomic mass is 10.1. The van der Waals surface area contributed by atoms with Crippen LogP contribution < -0.4 is 0 Å². The summed E-state index contributed by atoms with van der Waals surface area (Å²) in [6.07, 6.45) is -4.51. The van der Waals surface area contributed by atoms with Gasteiger partial charge in [-0.2, -0.15) is 0 Å². The van der Waals surface area contributed by atoms with Gasteiger partial charge >= 0.3 is 0 Å². The number of benzene rings is 1. The Bertz CT molecular complexity index is 571. The maximum atomic E-state index is 13.8. The van der Waals surface area contributed by atoms with Crippen molar-refractivity contribution < 1.29 is 17.6 Å². The van der Waals surface area contributed by atoms with Crippen LogP contribution in [0.2, 0.25) is 0 Å². The monoisotopic (exact) mass is 418 g/mol. The Morgan fingerprint density at radius 3 is 2.32 bits per heavy atom. The first-order valence-corrected chi connectivity index (χ1v) is 7.47. The van der Waals surface area contributed by atoms with Crippen molar-refractivity contribution in [1.82, 2.24) is 0 Å². The van der Waals surface area contributed by atoms with E-state index in [2.05, 4.69) is 12.6 Å². The number of halogens is 5. The normalized spacial score (nSPS) is 24.1. The van der Waals surface area contributed by atoms with Gasteiger partial charge in [-0.15, -0.1) is 12.6 Å². The van der Waals surface area contributed by atoms with E-state index < -0.39 is 33.8 Å². The predicted octanol–water partition coefficient (Wildman–Crippen LogP) is 5.37. The highest BCUT2D eigenvalue weighted by Gasteiger charge is 2.38. The number of thioether (sulfide) groups is 1. The molecule has 0 bridgehead atoms. The van der Waals surface area contributed by atoms with Crippen molar-refractivity contribution in [3.8, 4) is 0 Å². The Kier molecular flexibility index (Phi) is 4.88. The lowest BCUT2D eigenvalue weighted by molar-refractivity contribution is 0.228. The highest BCUT2D eigenvalue weighted by Crippen LogP contribution is 2.45. The van der Waals surface area contributed by atoms with E-state index in [4.69, 9.17) is 0 Å². The van der Waals surface area contributed by atoms with Crippen molar-refractivity contribution in [2.24, 2.45) is 0 Å². The van der Waals surface area contributed by atoms with Gasteiger partial charge in [-0.1, -0.05) is 23.9 Å². The van der Waals surface area contributed by atoms with E-state index in [1.54, 1.807) is 24.3 Å². The summed E-state index contributed by atoms with van der Waals surface area (Å²) in [6, 6.07) is 6.81. The van der Waals surface area contributed by atoms with Crippen LogP contribution in [0.15, 0.2) is 50.6 Å². The number of alkyl halides is 2. The summed E-state index contributed by atoms with van der Waals surface area (Å²) in [5.41, 5.74) is 0. The fourth-order valence-electron chi connectivity index (χ4n) is 1.48. The predicted molar refractivity (Wildman–Crippen MR) is 80.1 cm³/mol. The van der Waals surface area contributed by atoms with E-state index in [0.29, 0.717) is 16.7 Å². The fourth-order valence-corrected chi connectivity index (χ4v) is 3.39. The molecule has 0 nitrogen and oxygen atoms in total. The first kappa shape index (κ1) is 15.2. The average Bonchev–Trinajstić information content (AvgIpc) is 2.41. The van der Waals surface area contributed by atoms with E-state index in [-0.39, 0.29) is 0 Å². The van der Waals surface area contributed by atoms with Crippen molar-refractivity contribution in [3.63, 3.8) is 0 Å². The molecule has 7 heteroatoms. The molecule has 0 radical (unpaired) electrons. The number of hydrogen-bond acceptors (Lipinski definition) is 2. The summed E-state index contributed by atoms with van der Waals surface area (Å²) in [6.45, 7) is 0. The standard InChI is InChI=1S/C12H7F4IS2/c13-7-9(15)12(10(16)8(14)11(7)18)19-6-4-2-1-3-5(6)17/h1-4,7,9,18H. The van der Waals surface area contributed by atoms with Gasteiger partial charge in [-0.3, -0.25) is 0 Å². The topological polar surface area (TPSA) is 0 Å². The molecule has 0 N–H and O–H groups in total. The summed E-state index contributed by atoms with van der Waals surface area (Å²) in [5.74, 6) is -2.81. The molecule has 1 aromatic rings. The maximum absolute atomic E-state index is 13.8. The van der Waals surface area contributed by atoms with Crippen LogP contribution in [0.3, 0.4) is 0 Å². The fraction of sp³-hybridized carbons (Fsp3) is 0.167. The van der Waals surface area contributed by atoms with Gasteiger partial charge in [0.25, 0.3) is 0 Å². The van der Waals surface area contributed by atoms with Crippen molar-refractivity contribution >= 4 is 47.0 Å². The van der Waals surface area contributed by atoms with Crippen LogP contribution in [0.1, 0.15) is 0 Å². The zero-order chi connectivity index (χ0) is 14.2. The molecule has 1 aliphatic rings. The minimum Gasteiger partial charge on any atom is -0.238 e. The smallest absolute Gasteiger partial charge is 0.172 e. The first-order valence-electron chi connectivity index (χ1n) is 5.12. The molecule has 1 aromatic carbocycles. The Morgan fingerprint density at radius 1 is 1.05 bits per heavy atom. The van der Waals surface area contributed by atoms with Gasteiger partial charge in [0.2, 0.25) is 0 Å². The van der Waals surface area contributed by atoms with E-state index in [1.165, 1.54) is 0 Å². The Labute approximate surface area is 130 Å². The van der Waals surface area contributed by atoms with Crippen LogP contribution in [0, 0.1) is 3.57 Å². The molecular weight excluding hydrogens is 411 g/mol. The number of rotatable bonds is 2. The van der Waals surface area contributed by atoms with Gasteiger partial charge in [0.05, 0.1) is 9.81 Å². The van der Waals surface area contributed by atoms with Crippen molar-refractivity contribution in [3.05, 3.63) is 49.3 Å². The van der Waals surface area contributed by atoms with Crippen molar-refractivity contribution in [2.45, 2.75) is 17.2 Å². The third-order valence-corrected chi connectivity index (χ3v) is 5.41. The Hall–Kier alpha value is -0.150. The number of thiol groups is 1. The summed E-state index contributed by atoms with van der Waals surface area (Å²) in [7, 11) is 0. The second-order valence-electron chi connectivity index (χ2n) is 3.71. The quantitative estimate of drug-likeness (QED) is 0.383. The summed E-state index contributed by atoms with van der Waals surface area (Å²) in [4.78, 5) is -0.887. The molecule has 0 amide bonds. The second kappa shape index (κ2) is 6.09. The minimum absolute atomic E-state index is 0.540. The molecule has 2 atom stereocenters. The van der Waals surface area contributed by atoms with Crippen LogP contribution in [-0.4, -0.2) is 12.3 Å². The third kappa shape index (κ3) is 2.97. The van der Waals surface area contributed by atoms with Gasteiger partial charge < -0.3 is 0 Å². The molecular formula is C12H7F4IS2. The molecule has 102 valence electrons. The molecule has 1 aliphatic carbocycles. The molecule has 0 saturated carbocycles. The van der Waals surface area contributed by atoms with Crippen LogP contribution in [0.4, 0.5) is 17.6 Å². The minimum atomic E-state index is -2.27. The third-order valence-electron chi connectivity index (χ3n) is 2.46. The molecule has 19 heavy (non-hydrogen) atoms. The van der Waals surface area contributed by atoms with Gasteiger partial charge in [-0.25, -0.2) is 17.6 Å². The highest BCUT2D eigenvalue weighted by molar-refractivity contribution is 14.1. The van der Waals surface area contributed by atoms with Gasteiger partial charge in [0, 0.05) is 8.47 Å². The van der Waals surface area contributed by atoms with Gasteiger partial charge in [0.15, 0.2) is 24.0 Å². The molecule has 0 aliphatic heterocycles. The Morgan fingerprint density at radius 2 is 1.68 bits per heavy atom. The zero-order valence-corrected chi connectivity index (χ0v) is 13.1. The summed E-state index contributed by atoms with van der Waals surface area (Å²) in [5, 5.41) is 0. The molecule has 0 spiro atoms. The van der Waals surface area contributed by atoms with Crippen LogP contribution >= 0.6 is 47.0 Å². The Balaban J connectivity index is 2.41. The molecule has 2 rings (SSSR count). The first-order chi connectivity index (χ1) is 8.93. The lowest BCUT2D eigenvalue weighted by Gasteiger charge is -2.22. The second-order valence-corrected chi connectivity index (χ2v) is 6.44. The van der Waals surface area contributed by atoms with E-state index >= 15 is 0 Å². The highest BCUT2D eigenvalue weighted by atomic mass is 127. The zero-order valence-electron chi connectivity index (χ0n) is 9.21. The molecule has 2 unspecified atom stereocenters. The van der Waals surface area contributed by atoms with E-state index in [9.17, 15) is 17.6 Å². The van der Waals surface area contributed by atoms with Gasteiger partial charge in [0.1, 0.15) is 0 Å².